The van der Waals surface area contributed by atoms with E-state index in [4.69, 9.17) is 11.6 Å². The minimum absolute atomic E-state index is 0. The first-order chi connectivity index (χ1) is 11.8. The zero-order valence-electron chi connectivity index (χ0n) is 14.9. The first-order valence-electron chi connectivity index (χ1n) is 9.51. The van der Waals surface area contributed by atoms with Crippen molar-refractivity contribution in [3.05, 3.63) is 28.8 Å². The Morgan fingerprint density at radius 1 is 1.04 bits per heavy atom. The van der Waals surface area contributed by atoms with Gasteiger partial charge in [-0.25, -0.2) is 0 Å². The lowest BCUT2D eigenvalue weighted by Crippen LogP contribution is -2.49. The maximum Gasteiger partial charge on any atom is 0.0471 e. The molecule has 1 aromatic carbocycles. The summed E-state index contributed by atoms with van der Waals surface area (Å²) in [4.78, 5) is 7.79. The number of hydrogen-bond acceptors (Lipinski definition) is 4. The second-order valence-corrected chi connectivity index (χ2v) is 7.80. The third kappa shape index (κ3) is 4.42. The van der Waals surface area contributed by atoms with Gasteiger partial charge < -0.3 is 10.2 Å². The smallest absolute Gasteiger partial charge is 0.0471 e. The Balaban J connectivity index is 0.00000182. The standard InChI is InChI=1S/C19H29ClN4.ClH/c20-18-4-3-5-19(24-9-1-2-10-24)17(18)15-22-11-6-16(14-22)23-12-7-21-8-13-23;/h3-5,16,21H,1-2,6-15H2;1H. The van der Waals surface area contributed by atoms with Crippen molar-refractivity contribution in [1.29, 1.82) is 0 Å². The topological polar surface area (TPSA) is 21.8 Å². The maximum absolute atomic E-state index is 6.60. The Hall–Kier alpha value is -0.520. The van der Waals surface area contributed by atoms with Gasteiger partial charge in [0.15, 0.2) is 0 Å². The number of hydrogen-bond donors (Lipinski definition) is 1. The quantitative estimate of drug-likeness (QED) is 0.861. The van der Waals surface area contributed by atoms with E-state index in [1.807, 2.05) is 0 Å². The number of anilines is 1. The molecular weight excluding hydrogens is 355 g/mol. The van der Waals surface area contributed by atoms with Crippen molar-refractivity contribution in [2.24, 2.45) is 0 Å². The molecule has 3 aliphatic heterocycles. The van der Waals surface area contributed by atoms with Gasteiger partial charge in [0.25, 0.3) is 0 Å². The predicted octanol–water partition coefficient (Wildman–Crippen LogP) is 2.84. The fraction of sp³-hybridized carbons (Fsp3) is 0.684. The summed E-state index contributed by atoms with van der Waals surface area (Å²) in [6.07, 6.45) is 3.91. The van der Waals surface area contributed by atoms with Crippen molar-refractivity contribution in [1.82, 2.24) is 15.1 Å². The summed E-state index contributed by atoms with van der Waals surface area (Å²) in [5.74, 6) is 0. The molecule has 3 saturated heterocycles. The minimum atomic E-state index is 0. The molecule has 140 valence electrons. The van der Waals surface area contributed by atoms with Crippen LogP contribution in [0.4, 0.5) is 5.69 Å². The molecule has 0 radical (unpaired) electrons. The molecule has 1 N–H and O–H groups in total. The second-order valence-electron chi connectivity index (χ2n) is 7.40. The molecule has 0 aromatic heterocycles. The number of halogens is 2. The summed E-state index contributed by atoms with van der Waals surface area (Å²) in [6.45, 7) is 10.4. The summed E-state index contributed by atoms with van der Waals surface area (Å²) < 4.78 is 0. The van der Waals surface area contributed by atoms with E-state index in [0.717, 1.165) is 30.7 Å². The van der Waals surface area contributed by atoms with E-state index in [1.165, 1.54) is 69.8 Å². The fourth-order valence-electron chi connectivity index (χ4n) is 4.48. The van der Waals surface area contributed by atoms with Gasteiger partial charge in [0.1, 0.15) is 0 Å². The van der Waals surface area contributed by atoms with Gasteiger partial charge in [-0.3, -0.25) is 9.80 Å². The zero-order valence-corrected chi connectivity index (χ0v) is 16.5. The molecule has 1 unspecified atom stereocenters. The van der Waals surface area contributed by atoms with Crippen LogP contribution in [0.5, 0.6) is 0 Å². The van der Waals surface area contributed by atoms with Crippen molar-refractivity contribution in [3.8, 4) is 0 Å². The Morgan fingerprint density at radius 2 is 1.80 bits per heavy atom. The van der Waals surface area contributed by atoms with Gasteiger partial charge in [0, 0.05) is 81.2 Å². The molecule has 0 spiro atoms. The lowest BCUT2D eigenvalue weighted by atomic mass is 10.1. The van der Waals surface area contributed by atoms with Crippen LogP contribution in [0.15, 0.2) is 18.2 Å². The van der Waals surface area contributed by atoms with Gasteiger partial charge in [-0.1, -0.05) is 17.7 Å². The van der Waals surface area contributed by atoms with Crippen molar-refractivity contribution in [3.63, 3.8) is 0 Å². The molecule has 0 saturated carbocycles. The summed E-state index contributed by atoms with van der Waals surface area (Å²) in [7, 11) is 0. The Bertz CT molecular complexity index is 556. The predicted molar refractivity (Wildman–Crippen MR) is 108 cm³/mol. The summed E-state index contributed by atoms with van der Waals surface area (Å²) in [6, 6.07) is 7.15. The van der Waals surface area contributed by atoms with E-state index in [9.17, 15) is 0 Å². The van der Waals surface area contributed by atoms with E-state index in [1.54, 1.807) is 0 Å². The number of benzene rings is 1. The molecule has 0 amide bonds. The van der Waals surface area contributed by atoms with E-state index in [0.29, 0.717) is 0 Å². The highest BCUT2D eigenvalue weighted by Gasteiger charge is 2.29. The first-order valence-corrected chi connectivity index (χ1v) is 9.88. The van der Waals surface area contributed by atoms with Gasteiger partial charge in [-0.15, -0.1) is 12.4 Å². The van der Waals surface area contributed by atoms with Gasteiger partial charge in [0.2, 0.25) is 0 Å². The first kappa shape index (κ1) is 19.2. The van der Waals surface area contributed by atoms with Gasteiger partial charge in [-0.05, 0) is 31.4 Å². The Morgan fingerprint density at radius 3 is 2.56 bits per heavy atom. The average Bonchev–Trinajstić information content (AvgIpc) is 3.29. The molecule has 4 rings (SSSR count). The Labute approximate surface area is 162 Å². The van der Waals surface area contributed by atoms with Crippen LogP contribution in [0.2, 0.25) is 5.02 Å². The molecule has 0 aliphatic carbocycles. The molecule has 4 nitrogen and oxygen atoms in total. The summed E-state index contributed by atoms with van der Waals surface area (Å²) in [5, 5.41) is 4.39. The molecule has 3 heterocycles. The molecular formula is C19H30Cl2N4. The van der Waals surface area contributed by atoms with E-state index in [-0.39, 0.29) is 12.4 Å². The normalized spacial score (nSPS) is 25.3. The van der Waals surface area contributed by atoms with E-state index >= 15 is 0 Å². The number of nitrogens with one attached hydrogen (secondary N) is 1. The van der Waals surface area contributed by atoms with Crippen LogP contribution in [0, 0.1) is 0 Å². The van der Waals surface area contributed by atoms with Crippen LogP contribution >= 0.6 is 24.0 Å². The molecule has 1 aromatic rings. The highest BCUT2D eigenvalue weighted by atomic mass is 35.5. The lowest BCUT2D eigenvalue weighted by Gasteiger charge is -2.32. The van der Waals surface area contributed by atoms with Crippen LogP contribution < -0.4 is 10.2 Å². The van der Waals surface area contributed by atoms with Crippen molar-refractivity contribution in [2.45, 2.75) is 31.8 Å². The van der Waals surface area contributed by atoms with Crippen LogP contribution in [-0.4, -0.2) is 68.2 Å². The van der Waals surface area contributed by atoms with Crippen LogP contribution in [0.25, 0.3) is 0 Å². The van der Waals surface area contributed by atoms with Crippen LogP contribution in [0.1, 0.15) is 24.8 Å². The lowest BCUT2D eigenvalue weighted by molar-refractivity contribution is 0.170. The van der Waals surface area contributed by atoms with Crippen molar-refractivity contribution >= 4 is 29.7 Å². The summed E-state index contributed by atoms with van der Waals surface area (Å²) >= 11 is 6.60. The number of likely N-dealkylation sites (tertiary alicyclic amines) is 1. The van der Waals surface area contributed by atoms with Crippen molar-refractivity contribution in [2.75, 3.05) is 57.3 Å². The second kappa shape index (κ2) is 8.92. The van der Waals surface area contributed by atoms with Crippen LogP contribution in [0.3, 0.4) is 0 Å². The highest BCUT2D eigenvalue weighted by Crippen LogP contribution is 2.32. The SMILES string of the molecule is Cl.Clc1cccc(N2CCCC2)c1CN1CCC(N2CCNCC2)C1. The number of piperazine rings is 1. The summed E-state index contributed by atoms with van der Waals surface area (Å²) in [5.41, 5.74) is 2.70. The average molecular weight is 385 g/mol. The maximum atomic E-state index is 6.60. The van der Waals surface area contributed by atoms with Gasteiger partial charge in [0.05, 0.1) is 0 Å². The van der Waals surface area contributed by atoms with E-state index in [2.05, 4.69) is 38.2 Å². The molecule has 25 heavy (non-hydrogen) atoms. The third-order valence-electron chi connectivity index (χ3n) is 5.84. The molecule has 1 atom stereocenters. The van der Waals surface area contributed by atoms with Gasteiger partial charge >= 0.3 is 0 Å². The Kier molecular flexibility index (Phi) is 6.86. The van der Waals surface area contributed by atoms with Crippen molar-refractivity contribution < 1.29 is 0 Å². The minimum Gasteiger partial charge on any atom is -0.371 e. The molecule has 3 fully saturated rings. The molecule has 0 bridgehead atoms. The van der Waals surface area contributed by atoms with E-state index < -0.39 is 0 Å². The van der Waals surface area contributed by atoms with Crippen LogP contribution in [-0.2, 0) is 6.54 Å². The largest absolute Gasteiger partial charge is 0.371 e. The highest BCUT2D eigenvalue weighted by molar-refractivity contribution is 6.31. The number of rotatable bonds is 4. The van der Waals surface area contributed by atoms with Gasteiger partial charge in [-0.2, -0.15) is 0 Å². The zero-order chi connectivity index (χ0) is 16.4. The fourth-order valence-corrected chi connectivity index (χ4v) is 4.71. The molecule has 6 heteroatoms. The molecule has 3 aliphatic rings. The number of nitrogens with zero attached hydrogens (tertiary/aromatic N) is 3. The third-order valence-corrected chi connectivity index (χ3v) is 6.19. The monoisotopic (exact) mass is 384 g/mol.